The van der Waals surface area contributed by atoms with Crippen LogP contribution in [0.3, 0.4) is 0 Å². The Hall–Kier alpha value is -2.67. The number of hydrogen-bond donors (Lipinski definition) is 4. The van der Waals surface area contributed by atoms with Crippen LogP contribution in [0.25, 0.3) is 10.9 Å². The van der Waals surface area contributed by atoms with Crippen LogP contribution in [0.15, 0.2) is 35.3 Å². The maximum atomic E-state index is 12.3. The van der Waals surface area contributed by atoms with Gasteiger partial charge in [-0.25, -0.2) is 0 Å². The van der Waals surface area contributed by atoms with Crippen LogP contribution >= 0.6 is 0 Å². The number of carbonyl (C=O) groups excluding carboxylic acids is 2. The van der Waals surface area contributed by atoms with Crippen molar-refractivity contribution in [3.63, 3.8) is 0 Å². The van der Waals surface area contributed by atoms with Gasteiger partial charge in [-0.15, -0.1) is 0 Å². The zero-order chi connectivity index (χ0) is 17.1. The standard InChI is InChI=1S/C17H20N4O3/c18-13(10-5-6-10)8-20-15(22)9-21-17(24)12-7-19-14-4-2-1-3-11(14)16(12)23/h1-4,7,10,13H,5-6,8-9,18H2,(H,19,23)(H,20,22)(H,21,24). The van der Waals surface area contributed by atoms with Crippen LogP contribution in [0, 0.1) is 5.92 Å². The first-order valence-electron chi connectivity index (χ1n) is 7.97. The van der Waals surface area contributed by atoms with Crippen molar-refractivity contribution >= 4 is 22.7 Å². The van der Waals surface area contributed by atoms with Crippen LogP contribution in [0.2, 0.25) is 0 Å². The summed E-state index contributed by atoms with van der Waals surface area (Å²) in [6, 6.07) is 6.91. The van der Waals surface area contributed by atoms with Gasteiger partial charge in [0.25, 0.3) is 5.91 Å². The van der Waals surface area contributed by atoms with E-state index in [1.165, 1.54) is 6.20 Å². The molecule has 1 aromatic carbocycles. The number of fused-ring (bicyclic) bond motifs is 1. The number of nitrogens with one attached hydrogen (secondary N) is 3. The molecule has 1 unspecified atom stereocenters. The fraction of sp³-hybridized carbons (Fsp3) is 0.353. The molecule has 1 aliphatic carbocycles. The summed E-state index contributed by atoms with van der Waals surface area (Å²) in [4.78, 5) is 39.1. The van der Waals surface area contributed by atoms with E-state index in [9.17, 15) is 14.4 Å². The first kappa shape index (κ1) is 16.2. The predicted molar refractivity (Wildman–Crippen MR) is 90.6 cm³/mol. The molecule has 0 saturated heterocycles. The van der Waals surface area contributed by atoms with Gasteiger partial charge in [-0.2, -0.15) is 0 Å². The molecule has 1 aromatic heterocycles. The zero-order valence-electron chi connectivity index (χ0n) is 13.2. The summed E-state index contributed by atoms with van der Waals surface area (Å²) < 4.78 is 0. The lowest BCUT2D eigenvalue weighted by atomic mass is 10.1. The van der Waals surface area contributed by atoms with Gasteiger partial charge in [0.1, 0.15) is 5.56 Å². The molecule has 1 atom stereocenters. The molecule has 1 saturated carbocycles. The fourth-order valence-corrected chi connectivity index (χ4v) is 2.58. The predicted octanol–water partition coefficient (Wildman–Crippen LogP) is 0.111. The van der Waals surface area contributed by atoms with E-state index in [2.05, 4.69) is 15.6 Å². The summed E-state index contributed by atoms with van der Waals surface area (Å²) >= 11 is 0. The lowest BCUT2D eigenvalue weighted by Gasteiger charge is -2.12. The number of para-hydroxylation sites is 1. The van der Waals surface area contributed by atoms with Crippen LogP contribution in [0.4, 0.5) is 0 Å². The monoisotopic (exact) mass is 328 g/mol. The van der Waals surface area contributed by atoms with E-state index in [4.69, 9.17) is 5.73 Å². The molecule has 0 bridgehead atoms. The summed E-state index contributed by atoms with van der Waals surface area (Å²) in [7, 11) is 0. The summed E-state index contributed by atoms with van der Waals surface area (Å²) in [6.45, 7) is 0.207. The van der Waals surface area contributed by atoms with Gasteiger partial charge in [0.2, 0.25) is 11.3 Å². The van der Waals surface area contributed by atoms with E-state index in [0.29, 0.717) is 23.4 Å². The molecule has 2 amide bonds. The van der Waals surface area contributed by atoms with Crippen LogP contribution in [0.1, 0.15) is 23.2 Å². The molecule has 5 N–H and O–H groups in total. The van der Waals surface area contributed by atoms with Crippen molar-refractivity contribution in [3.05, 3.63) is 46.2 Å². The Labute approximate surface area is 138 Å². The van der Waals surface area contributed by atoms with Crippen LogP contribution in [-0.4, -0.2) is 35.9 Å². The molecule has 126 valence electrons. The van der Waals surface area contributed by atoms with Crippen LogP contribution < -0.4 is 21.8 Å². The third kappa shape index (κ3) is 3.62. The average Bonchev–Trinajstić information content (AvgIpc) is 3.43. The van der Waals surface area contributed by atoms with E-state index in [1.807, 2.05) is 0 Å². The summed E-state index contributed by atoms with van der Waals surface area (Å²) in [5.74, 6) is -0.406. The number of aromatic nitrogens is 1. The second-order valence-electron chi connectivity index (χ2n) is 6.07. The minimum atomic E-state index is -0.580. The zero-order valence-corrected chi connectivity index (χ0v) is 13.2. The Balaban J connectivity index is 1.57. The third-order valence-electron chi connectivity index (χ3n) is 4.20. The first-order valence-corrected chi connectivity index (χ1v) is 7.97. The SMILES string of the molecule is NC(CNC(=O)CNC(=O)c1c[nH]c2ccccc2c1=O)C1CC1. The van der Waals surface area contributed by atoms with Crippen molar-refractivity contribution in [2.45, 2.75) is 18.9 Å². The number of pyridine rings is 1. The summed E-state index contributed by atoms with van der Waals surface area (Å²) in [6.07, 6.45) is 3.58. The van der Waals surface area contributed by atoms with Crippen molar-refractivity contribution in [2.75, 3.05) is 13.1 Å². The maximum absolute atomic E-state index is 12.3. The van der Waals surface area contributed by atoms with Crippen molar-refractivity contribution < 1.29 is 9.59 Å². The number of amides is 2. The Kier molecular flexibility index (Phi) is 4.61. The van der Waals surface area contributed by atoms with E-state index < -0.39 is 5.91 Å². The van der Waals surface area contributed by atoms with E-state index in [1.54, 1.807) is 24.3 Å². The minimum absolute atomic E-state index is 0.0174. The van der Waals surface area contributed by atoms with Crippen LogP contribution in [0.5, 0.6) is 0 Å². The summed E-state index contributed by atoms with van der Waals surface area (Å²) in [5, 5.41) is 5.59. The smallest absolute Gasteiger partial charge is 0.257 e. The molecule has 3 rings (SSSR count). The van der Waals surface area contributed by atoms with Gasteiger partial charge in [-0.3, -0.25) is 14.4 Å². The molecule has 1 heterocycles. The number of nitrogens with two attached hydrogens (primary N) is 1. The molecular formula is C17H20N4O3. The molecule has 0 radical (unpaired) electrons. The highest BCUT2D eigenvalue weighted by molar-refractivity contribution is 5.98. The number of hydrogen-bond acceptors (Lipinski definition) is 4. The normalized spacial score (nSPS) is 15.0. The highest BCUT2D eigenvalue weighted by Crippen LogP contribution is 2.31. The lowest BCUT2D eigenvalue weighted by Crippen LogP contribution is -2.43. The fourth-order valence-electron chi connectivity index (χ4n) is 2.58. The molecule has 1 fully saturated rings. The third-order valence-corrected chi connectivity index (χ3v) is 4.20. The molecule has 1 aliphatic rings. The number of H-pyrrole nitrogens is 1. The molecule has 0 aliphatic heterocycles. The van der Waals surface area contributed by atoms with Gasteiger partial charge < -0.3 is 21.4 Å². The van der Waals surface area contributed by atoms with Crippen LogP contribution in [-0.2, 0) is 4.79 Å². The quantitative estimate of drug-likeness (QED) is 0.602. The van der Waals surface area contributed by atoms with Gasteiger partial charge in [-0.1, -0.05) is 12.1 Å². The minimum Gasteiger partial charge on any atom is -0.360 e. The van der Waals surface area contributed by atoms with E-state index >= 15 is 0 Å². The Bertz CT molecular complexity index is 826. The Morgan fingerprint density at radius 2 is 2.00 bits per heavy atom. The van der Waals surface area contributed by atoms with Gasteiger partial charge in [0.05, 0.1) is 6.54 Å². The number of rotatable bonds is 6. The van der Waals surface area contributed by atoms with Crippen molar-refractivity contribution in [1.82, 2.24) is 15.6 Å². The number of aromatic amines is 1. The van der Waals surface area contributed by atoms with Crippen molar-refractivity contribution in [1.29, 1.82) is 0 Å². The van der Waals surface area contributed by atoms with Crippen molar-refractivity contribution in [2.24, 2.45) is 11.7 Å². The molecule has 24 heavy (non-hydrogen) atoms. The first-order chi connectivity index (χ1) is 11.6. The Morgan fingerprint density at radius 3 is 2.75 bits per heavy atom. The molecule has 0 spiro atoms. The Morgan fingerprint density at radius 1 is 1.25 bits per heavy atom. The highest BCUT2D eigenvalue weighted by Gasteiger charge is 2.28. The number of benzene rings is 1. The lowest BCUT2D eigenvalue weighted by molar-refractivity contribution is -0.120. The second-order valence-corrected chi connectivity index (χ2v) is 6.07. The summed E-state index contributed by atoms with van der Waals surface area (Å²) in [5.41, 5.74) is 6.18. The largest absolute Gasteiger partial charge is 0.360 e. The van der Waals surface area contributed by atoms with E-state index in [0.717, 1.165) is 12.8 Å². The molecule has 7 heteroatoms. The van der Waals surface area contributed by atoms with Gasteiger partial charge in [0, 0.05) is 29.7 Å². The second kappa shape index (κ2) is 6.84. The average molecular weight is 328 g/mol. The van der Waals surface area contributed by atoms with Gasteiger partial charge in [-0.05, 0) is 30.9 Å². The number of carbonyl (C=O) groups is 2. The topological polar surface area (TPSA) is 117 Å². The molecule has 7 nitrogen and oxygen atoms in total. The van der Waals surface area contributed by atoms with Gasteiger partial charge in [0.15, 0.2) is 0 Å². The highest BCUT2D eigenvalue weighted by atomic mass is 16.2. The molecule has 2 aromatic rings. The molecular weight excluding hydrogens is 308 g/mol. The van der Waals surface area contributed by atoms with Gasteiger partial charge >= 0.3 is 0 Å². The van der Waals surface area contributed by atoms with Crippen molar-refractivity contribution in [3.8, 4) is 0 Å². The van der Waals surface area contributed by atoms with E-state index in [-0.39, 0.29) is 29.5 Å². The maximum Gasteiger partial charge on any atom is 0.257 e.